The van der Waals surface area contributed by atoms with Gasteiger partial charge in [0.2, 0.25) is 11.4 Å². The molecular weight excluding hydrogens is 314 g/mol. The van der Waals surface area contributed by atoms with Gasteiger partial charge in [-0.25, -0.2) is 4.70 Å². The standard InChI is InChI=1S/C12H6Cl4N2/c13-7-3-1-5-9(11(7)15)18(17)10-6-2-4-8(14)12(10)16/h1-6H. The van der Waals surface area contributed by atoms with E-state index >= 15 is 0 Å². The van der Waals surface area contributed by atoms with E-state index in [1.807, 2.05) is 0 Å². The smallest absolute Gasteiger partial charge is 0.220 e. The van der Waals surface area contributed by atoms with Crippen molar-refractivity contribution in [3.63, 3.8) is 0 Å². The zero-order valence-electron chi connectivity index (χ0n) is 8.87. The zero-order chi connectivity index (χ0) is 13.3. The molecule has 0 N–H and O–H groups in total. The van der Waals surface area contributed by atoms with Gasteiger partial charge < -0.3 is 5.53 Å². The highest BCUT2D eigenvalue weighted by atomic mass is 35.5. The van der Waals surface area contributed by atoms with Gasteiger partial charge in [-0.1, -0.05) is 58.5 Å². The number of benzene rings is 2. The first kappa shape index (κ1) is 13.6. The fourth-order valence-corrected chi connectivity index (χ4v) is 2.19. The van der Waals surface area contributed by atoms with Crippen molar-refractivity contribution < 1.29 is 0 Å². The summed E-state index contributed by atoms with van der Waals surface area (Å²) in [5.74, 6) is 0. The van der Waals surface area contributed by atoms with E-state index in [2.05, 4.69) is 0 Å². The van der Waals surface area contributed by atoms with E-state index in [1.165, 1.54) is 0 Å². The van der Waals surface area contributed by atoms with Crippen LogP contribution in [0.3, 0.4) is 0 Å². The monoisotopic (exact) mass is 318 g/mol. The van der Waals surface area contributed by atoms with Crippen LogP contribution in [0.15, 0.2) is 36.4 Å². The van der Waals surface area contributed by atoms with Crippen LogP contribution < -0.4 is 4.70 Å². The van der Waals surface area contributed by atoms with Gasteiger partial charge in [0.15, 0.2) is 0 Å². The Balaban J connectivity index is 2.55. The van der Waals surface area contributed by atoms with Crippen molar-refractivity contribution in [1.29, 1.82) is 0 Å². The number of hydrogen-bond acceptors (Lipinski definition) is 0. The molecule has 6 heteroatoms. The number of halogens is 4. The van der Waals surface area contributed by atoms with Crippen molar-refractivity contribution in [1.82, 2.24) is 4.70 Å². The van der Waals surface area contributed by atoms with Crippen LogP contribution in [0.2, 0.25) is 20.1 Å². The molecule has 0 aliphatic rings. The van der Waals surface area contributed by atoms with Crippen LogP contribution in [0.4, 0.5) is 11.4 Å². The van der Waals surface area contributed by atoms with Crippen LogP contribution in [0.5, 0.6) is 0 Å². The van der Waals surface area contributed by atoms with E-state index in [0.29, 0.717) is 21.4 Å². The van der Waals surface area contributed by atoms with Crippen molar-refractivity contribution >= 4 is 57.8 Å². The number of nitrogens with zero attached hydrogens (tertiary/aromatic N) is 2. The molecule has 0 atom stereocenters. The molecule has 2 rings (SSSR count). The SMILES string of the molecule is [N-]=[N+](c1cccc(Cl)c1Cl)c1cccc(Cl)c1Cl. The lowest BCUT2D eigenvalue weighted by atomic mass is 10.2. The zero-order valence-corrected chi connectivity index (χ0v) is 11.9. The first-order valence-corrected chi connectivity index (χ1v) is 6.40. The predicted octanol–water partition coefficient (Wildman–Crippen LogP) is 6.16. The summed E-state index contributed by atoms with van der Waals surface area (Å²) in [6.07, 6.45) is 0. The third kappa shape index (κ3) is 2.47. The summed E-state index contributed by atoms with van der Waals surface area (Å²) < 4.78 is 0.850. The van der Waals surface area contributed by atoms with E-state index in [0.717, 1.165) is 4.70 Å². The van der Waals surface area contributed by atoms with Crippen LogP contribution in [0, 0.1) is 0 Å². The average Bonchev–Trinajstić information content (AvgIpc) is 2.35. The summed E-state index contributed by atoms with van der Waals surface area (Å²) in [4.78, 5) is 0. The Morgan fingerprint density at radius 2 is 1.11 bits per heavy atom. The third-order valence-corrected chi connectivity index (χ3v) is 3.94. The summed E-state index contributed by atoms with van der Waals surface area (Å²) in [5.41, 5.74) is 10.8. The van der Waals surface area contributed by atoms with Crippen LogP contribution in [-0.2, 0) is 0 Å². The van der Waals surface area contributed by atoms with Crippen molar-refractivity contribution in [3.05, 3.63) is 62.0 Å². The van der Waals surface area contributed by atoms with E-state index in [1.54, 1.807) is 36.4 Å². The minimum atomic E-state index is 0.234. The average molecular weight is 320 g/mol. The first-order valence-electron chi connectivity index (χ1n) is 4.89. The Kier molecular flexibility index (Phi) is 4.13. The van der Waals surface area contributed by atoms with Crippen molar-refractivity contribution in [2.75, 3.05) is 0 Å². The van der Waals surface area contributed by atoms with Crippen molar-refractivity contribution in [2.45, 2.75) is 0 Å². The summed E-state index contributed by atoms with van der Waals surface area (Å²) >= 11 is 23.8. The molecule has 2 nitrogen and oxygen atoms in total. The molecule has 0 spiro atoms. The molecule has 0 saturated heterocycles. The molecule has 0 saturated carbocycles. The third-order valence-electron chi connectivity index (χ3n) is 2.32. The molecule has 0 radical (unpaired) electrons. The van der Waals surface area contributed by atoms with Gasteiger partial charge >= 0.3 is 0 Å². The molecule has 0 unspecified atom stereocenters. The van der Waals surface area contributed by atoms with Crippen LogP contribution >= 0.6 is 46.4 Å². The summed E-state index contributed by atoms with van der Waals surface area (Å²) in [6, 6.07) is 9.83. The fourth-order valence-electron chi connectivity index (χ4n) is 1.44. The van der Waals surface area contributed by atoms with E-state index in [9.17, 15) is 5.53 Å². The number of hydrogen-bond donors (Lipinski definition) is 0. The highest BCUT2D eigenvalue weighted by molar-refractivity contribution is 6.44. The van der Waals surface area contributed by atoms with Gasteiger partial charge in [0.25, 0.3) is 0 Å². The topological polar surface area (TPSA) is 25.3 Å². The Morgan fingerprint density at radius 3 is 1.50 bits per heavy atom. The fraction of sp³-hybridized carbons (Fsp3) is 0. The lowest BCUT2D eigenvalue weighted by Gasteiger charge is -2.09. The van der Waals surface area contributed by atoms with Gasteiger partial charge in [0.1, 0.15) is 10.0 Å². The van der Waals surface area contributed by atoms with Gasteiger partial charge in [-0.3, -0.25) is 0 Å². The van der Waals surface area contributed by atoms with Gasteiger partial charge in [-0.15, -0.1) is 0 Å². The van der Waals surface area contributed by atoms with Crippen LogP contribution in [0.25, 0.3) is 5.53 Å². The lowest BCUT2D eigenvalue weighted by Crippen LogP contribution is -1.98. The maximum atomic E-state index is 10.1. The molecule has 0 aliphatic carbocycles. The Labute approximate surface area is 124 Å². The molecule has 2 aromatic carbocycles. The normalized spacial score (nSPS) is 10.4. The quantitative estimate of drug-likeness (QED) is 0.468. The van der Waals surface area contributed by atoms with Gasteiger partial charge in [0, 0.05) is 12.1 Å². The molecule has 0 aromatic heterocycles. The summed E-state index contributed by atoms with van der Waals surface area (Å²) in [7, 11) is 0. The van der Waals surface area contributed by atoms with Crippen LogP contribution in [-0.4, -0.2) is 0 Å². The molecule has 92 valence electrons. The molecule has 2 aromatic rings. The Bertz CT molecular complexity index is 572. The minimum absolute atomic E-state index is 0.234. The largest absolute Gasteiger partial charge is 0.493 e. The van der Waals surface area contributed by atoms with Crippen LogP contribution in [0.1, 0.15) is 0 Å². The maximum Gasteiger partial charge on any atom is 0.220 e. The molecular formula is C12H6Cl4N2. The van der Waals surface area contributed by atoms with Crippen molar-refractivity contribution in [3.8, 4) is 0 Å². The summed E-state index contributed by atoms with van der Waals surface area (Å²) in [5, 5.41) is 1.15. The van der Waals surface area contributed by atoms with E-state index < -0.39 is 0 Å². The van der Waals surface area contributed by atoms with E-state index in [-0.39, 0.29) is 10.0 Å². The highest BCUT2D eigenvalue weighted by Crippen LogP contribution is 2.38. The molecule has 0 amide bonds. The first-order chi connectivity index (χ1) is 8.52. The molecule has 0 bridgehead atoms. The Morgan fingerprint density at radius 1 is 0.722 bits per heavy atom. The second-order valence-corrected chi connectivity index (χ2v) is 5.03. The molecule has 18 heavy (non-hydrogen) atoms. The Hall–Kier alpha value is -0.800. The maximum absolute atomic E-state index is 10.1. The van der Waals surface area contributed by atoms with Gasteiger partial charge in [0.05, 0.1) is 10.0 Å². The molecule has 0 heterocycles. The molecule has 0 fully saturated rings. The predicted molar refractivity (Wildman–Crippen MR) is 77.7 cm³/mol. The van der Waals surface area contributed by atoms with Gasteiger partial charge in [-0.2, -0.15) is 0 Å². The van der Waals surface area contributed by atoms with Crippen molar-refractivity contribution in [2.24, 2.45) is 0 Å². The second kappa shape index (κ2) is 5.45. The van der Waals surface area contributed by atoms with Gasteiger partial charge in [-0.05, 0) is 12.1 Å². The number of rotatable bonds is 2. The molecule has 0 aliphatic heterocycles. The minimum Gasteiger partial charge on any atom is -0.493 e. The van der Waals surface area contributed by atoms with E-state index in [4.69, 9.17) is 46.4 Å². The summed E-state index contributed by atoms with van der Waals surface area (Å²) in [6.45, 7) is 0. The second-order valence-electron chi connectivity index (χ2n) is 3.46. The lowest BCUT2D eigenvalue weighted by molar-refractivity contribution is 1.05. The highest BCUT2D eigenvalue weighted by Gasteiger charge is 2.18.